The van der Waals surface area contributed by atoms with Gasteiger partial charge in [-0.1, -0.05) is 18.7 Å². The van der Waals surface area contributed by atoms with E-state index in [4.69, 9.17) is 11.0 Å². The Hall–Kier alpha value is -1.06. The number of nitrogens with two attached hydrogens (primary N) is 1. The molecule has 76 valence electrons. The van der Waals surface area contributed by atoms with Crippen LogP contribution in [-0.4, -0.2) is 20.5 Å². The van der Waals surface area contributed by atoms with Gasteiger partial charge in [0.15, 0.2) is 5.16 Å². The Kier molecular flexibility index (Phi) is 4.43. The molecular formula is C8H13N5S. The van der Waals surface area contributed by atoms with Gasteiger partial charge in [0.2, 0.25) is 0 Å². The molecule has 0 saturated carbocycles. The van der Waals surface area contributed by atoms with Crippen molar-refractivity contribution >= 4 is 11.8 Å². The fraction of sp³-hybridized carbons (Fsp3) is 0.625. The number of nitrogens with zero attached hydrogens (tertiary/aromatic N) is 4. The molecule has 1 aromatic rings. The van der Waals surface area contributed by atoms with E-state index < -0.39 is 0 Å². The van der Waals surface area contributed by atoms with Gasteiger partial charge in [-0.15, -0.1) is 10.2 Å². The number of thioether (sulfide) groups is 1. The Bertz CT molecular complexity index is 327. The quantitative estimate of drug-likeness (QED) is 0.727. The number of aromatic nitrogens is 3. The van der Waals surface area contributed by atoms with E-state index in [9.17, 15) is 0 Å². The lowest BCUT2D eigenvalue weighted by molar-refractivity contribution is 0.592. The Morgan fingerprint density at radius 1 is 1.57 bits per heavy atom. The van der Waals surface area contributed by atoms with Crippen LogP contribution in [0.5, 0.6) is 0 Å². The predicted molar refractivity (Wildman–Crippen MR) is 54.5 cm³/mol. The van der Waals surface area contributed by atoms with Gasteiger partial charge in [-0.25, -0.2) is 0 Å². The van der Waals surface area contributed by atoms with E-state index in [1.54, 1.807) is 0 Å². The van der Waals surface area contributed by atoms with Crippen LogP contribution < -0.4 is 5.73 Å². The highest BCUT2D eigenvalue weighted by Gasteiger charge is 2.09. The SMILES string of the molecule is CCCn1c(CN)nnc1SCC#N. The third-order valence-electron chi connectivity index (χ3n) is 1.69. The molecule has 0 radical (unpaired) electrons. The van der Waals surface area contributed by atoms with E-state index in [0.717, 1.165) is 23.9 Å². The molecular weight excluding hydrogens is 198 g/mol. The highest BCUT2D eigenvalue weighted by molar-refractivity contribution is 7.99. The van der Waals surface area contributed by atoms with E-state index >= 15 is 0 Å². The molecule has 5 nitrogen and oxygen atoms in total. The number of hydrogen-bond donors (Lipinski definition) is 1. The van der Waals surface area contributed by atoms with Gasteiger partial charge in [0.1, 0.15) is 5.82 Å². The highest BCUT2D eigenvalue weighted by atomic mass is 32.2. The molecule has 0 bridgehead atoms. The molecule has 0 saturated heterocycles. The van der Waals surface area contributed by atoms with Gasteiger partial charge < -0.3 is 10.3 Å². The summed E-state index contributed by atoms with van der Waals surface area (Å²) < 4.78 is 1.97. The topological polar surface area (TPSA) is 80.5 Å². The normalized spacial score (nSPS) is 10.1. The standard InChI is InChI=1S/C8H13N5S/c1-2-4-13-7(6-10)11-12-8(13)14-5-3-9/h2,4-6,10H2,1H3. The van der Waals surface area contributed by atoms with Gasteiger partial charge in [0.05, 0.1) is 18.4 Å². The maximum atomic E-state index is 8.46. The Labute approximate surface area is 87.3 Å². The first-order valence-electron chi connectivity index (χ1n) is 4.45. The second-order valence-electron chi connectivity index (χ2n) is 2.70. The van der Waals surface area contributed by atoms with E-state index in [2.05, 4.69) is 23.2 Å². The summed E-state index contributed by atoms with van der Waals surface area (Å²) in [5.41, 5.74) is 5.53. The zero-order chi connectivity index (χ0) is 10.4. The Morgan fingerprint density at radius 3 is 2.93 bits per heavy atom. The largest absolute Gasteiger partial charge is 0.324 e. The van der Waals surface area contributed by atoms with Crippen LogP contribution in [-0.2, 0) is 13.1 Å². The molecule has 0 fully saturated rings. The van der Waals surface area contributed by atoms with Crippen molar-refractivity contribution in [2.45, 2.75) is 31.6 Å². The lowest BCUT2D eigenvalue weighted by atomic mass is 10.4. The lowest BCUT2D eigenvalue weighted by Gasteiger charge is -2.05. The zero-order valence-electron chi connectivity index (χ0n) is 8.10. The van der Waals surface area contributed by atoms with Gasteiger partial charge in [0, 0.05) is 6.54 Å². The first-order chi connectivity index (χ1) is 6.83. The van der Waals surface area contributed by atoms with Gasteiger partial charge >= 0.3 is 0 Å². The summed E-state index contributed by atoms with van der Waals surface area (Å²) in [6.45, 7) is 3.33. The zero-order valence-corrected chi connectivity index (χ0v) is 8.92. The van der Waals surface area contributed by atoms with Crippen LogP contribution in [0.2, 0.25) is 0 Å². The molecule has 0 aromatic carbocycles. The van der Waals surface area contributed by atoms with Crippen molar-refractivity contribution in [3.8, 4) is 6.07 Å². The molecule has 1 rings (SSSR count). The molecule has 0 unspecified atom stereocenters. The molecule has 6 heteroatoms. The Morgan fingerprint density at radius 2 is 2.36 bits per heavy atom. The second-order valence-corrected chi connectivity index (χ2v) is 3.64. The van der Waals surface area contributed by atoms with Crippen LogP contribution in [0, 0.1) is 11.3 Å². The third-order valence-corrected chi connectivity index (χ3v) is 2.52. The average Bonchev–Trinajstić information content (AvgIpc) is 2.58. The molecule has 2 N–H and O–H groups in total. The molecule has 0 amide bonds. The molecule has 1 heterocycles. The van der Waals surface area contributed by atoms with Crippen molar-refractivity contribution in [3.05, 3.63) is 5.82 Å². The maximum Gasteiger partial charge on any atom is 0.192 e. The minimum Gasteiger partial charge on any atom is -0.324 e. The molecule has 0 atom stereocenters. The molecule has 0 aliphatic rings. The molecule has 14 heavy (non-hydrogen) atoms. The molecule has 0 aliphatic heterocycles. The predicted octanol–water partition coefficient (Wildman–Crippen LogP) is 0.762. The van der Waals surface area contributed by atoms with Crippen LogP contribution in [0.4, 0.5) is 0 Å². The molecule has 0 spiro atoms. The number of hydrogen-bond acceptors (Lipinski definition) is 5. The monoisotopic (exact) mass is 211 g/mol. The Balaban J connectivity index is 2.81. The fourth-order valence-electron chi connectivity index (χ4n) is 1.12. The van der Waals surface area contributed by atoms with Gasteiger partial charge in [-0.2, -0.15) is 5.26 Å². The van der Waals surface area contributed by atoms with Crippen LogP contribution in [0.15, 0.2) is 5.16 Å². The third kappa shape index (κ3) is 2.47. The second kappa shape index (κ2) is 5.62. The summed E-state index contributed by atoms with van der Waals surface area (Å²) in [6.07, 6.45) is 1.01. The van der Waals surface area contributed by atoms with Crippen molar-refractivity contribution in [3.63, 3.8) is 0 Å². The van der Waals surface area contributed by atoms with Crippen LogP contribution in [0.25, 0.3) is 0 Å². The van der Waals surface area contributed by atoms with Gasteiger partial charge in [-0.05, 0) is 6.42 Å². The summed E-state index contributed by atoms with van der Waals surface area (Å²) in [7, 11) is 0. The van der Waals surface area contributed by atoms with Crippen molar-refractivity contribution in [2.75, 3.05) is 5.75 Å². The van der Waals surface area contributed by atoms with Crippen molar-refractivity contribution in [1.29, 1.82) is 5.26 Å². The summed E-state index contributed by atoms with van der Waals surface area (Å²) in [5, 5.41) is 17.2. The van der Waals surface area contributed by atoms with Crippen LogP contribution in [0.3, 0.4) is 0 Å². The van der Waals surface area contributed by atoms with E-state index in [-0.39, 0.29) is 0 Å². The lowest BCUT2D eigenvalue weighted by Crippen LogP contribution is -2.09. The van der Waals surface area contributed by atoms with Gasteiger partial charge in [-0.3, -0.25) is 0 Å². The summed E-state index contributed by atoms with van der Waals surface area (Å²) >= 11 is 1.40. The fourth-order valence-corrected chi connectivity index (χ4v) is 1.77. The van der Waals surface area contributed by atoms with Crippen molar-refractivity contribution < 1.29 is 0 Å². The average molecular weight is 211 g/mol. The minimum atomic E-state index is 0.389. The van der Waals surface area contributed by atoms with Crippen LogP contribution in [0.1, 0.15) is 19.2 Å². The molecule has 1 aromatic heterocycles. The van der Waals surface area contributed by atoms with Gasteiger partial charge in [0.25, 0.3) is 0 Å². The summed E-state index contributed by atoms with van der Waals surface area (Å²) in [6, 6.07) is 2.06. The maximum absolute atomic E-state index is 8.46. The summed E-state index contributed by atoms with van der Waals surface area (Å²) in [5.74, 6) is 1.18. The summed E-state index contributed by atoms with van der Waals surface area (Å²) in [4.78, 5) is 0. The minimum absolute atomic E-state index is 0.389. The number of rotatable bonds is 5. The van der Waals surface area contributed by atoms with E-state index in [1.165, 1.54) is 11.8 Å². The van der Waals surface area contributed by atoms with Crippen LogP contribution >= 0.6 is 11.8 Å². The van der Waals surface area contributed by atoms with Crippen molar-refractivity contribution in [1.82, 2.24) is 14.8 Å². The smallest absolute Gasteiger partial charge is 0.192 e. The molecule has 0 aliphatic carbocycles. The highest BCUT2D eigenvalue weighted by Crippen LogP contribution is 2.16. The number of nitriles is 1. The first kappa shape index (κ1) is 11.0. The van der Waals surface area contributed by atoms with Crippen molar-refractivity contribution in [2.24, 2.45) is 5.73 Å². The van der Waals surface area contributed by atoms with E-state index in [1.807, 2.05) is 4.57 Å². The first-order valence-corrected chi connectivity index (χ1v) is 5.44. The van der Waals surface area contributed by atoms with E-state index in [0.29, 0.717) is 12.3 Å².